The summed E-state index contributed by atoms with van der Waals surface area (Å²) in [5.74, 6) is 0. The normalized spacial score (nSPS) is 24.3. The van der Waals surface area contributed by atoms with Gasteiger partial charge in [0.25, 0.3) is 0 Å². The van der Waals surface area contributed by atoms with E-state index in [1.165, 1.54) is 16.7 Å². The lowest BCUT2D eigenvalue weighted by atomic mass is 9.85. The number of hydrogen-bond donors (Lipinski definition) is 2. The standard InChI is InChI=1S/C15H13NO/c17-15-9-16-8-10-4-3-6-12(14(10)15)11-5-1-2-7-13(11)15/h1-7,16-17H,8-9H2/t15-/m1/s1. The van der Waals surface area contributed by atoms with Gasteiger partial charge in [-0.1, -0.05) is 42.5 Å². The minimum atomic E-state index is -0.833. The Morgan fingerprint density at radius 2 is 1.82 bits per heavy atom. The highest BCUT2D eigenvalue weighted by atomic mass is 16.3. The maximum Gasteiger partial charge on any atom is 0.128 e. The molecule has 2 aromatic carbocycles. The van der Waals surface area contributed by atoms with Gasteiger partial charge in [-0.05, 0) is 22.3 Å². The first-order valence-corrected chi connectivity index (χ1v) is 5.96. The van der Waals surface area contributed by atoms with E-state index in [-0.39, 0.29) is 0 Å². The van der Waals surface area contributed by atoms with E-state index in [4.69, 9.17) is 0 Å². The molecule has 2 aliphatic rings. The Kier molecular flexibility index (Phi) is 1.64. The summed E-state index contributed by atoms with van der Waals surface area (Å²) in [6.45, 7) is 1.45. The second-order valence-electron chi connectivity index (χ2n) is 4.85. The van der Waals surface area contributed by atoms with Crippen LogP contribution in [0.3, 0.4) is 0 Å². The van der Waals surface area contributed by atoms with Gasteiger partial charge in [0.2, 0.25) is 0 Å². The van der Waals surface area contributed by atoms with E-state index < -0.39 is 5.60 Å². The minimum Gasteiger partial charge on any atom is -0.379 e. The van der Waals surface area contributed by atoms with Crippen LogP contribution in [0.2, 0.25) is 0 Å². The number of nitrogens with one attached hydrogen (secondary N) is 1. The summed E-state index contributed by atoms with van der Waals surface area (Å²) in [5, 5.41) is 14.3. The van der Waals surface area contributed by atoms with Crippen molar-refractivity contribution in [3.63, 3.8) is 0 Å². The summed E-state index contributed by atoms with van der Waals surface area (Å²) in [5.41, 5.74) is 4.90. The molecule has 2 N–H and O–H groups in total. The van der Waals surface area contributed by atoms with Crippen LogP contribution in [-0.2, 0) is 12.1 Å². The third-order valence-electron chi connectivity index (χ3n) is 3.92. The van der Waals surface area contributed by atoms with Crippen LogP contribution in [0.25, 0.3) is 11.1 Å². The zero-order valence-electron chi connectivity index (χ0n) is 9.40. The SMILES string of the molecule is O[C@@]12CNCc3cccc(c31)-c1ccccc12. The average Bonchev–Trinajstić information content (AvgIpc) is 2.63. The summed E-state index contributed by atoms with van der Waals surface area (Å²) in [7, 11) is 0. The third-order valence-corrected chi connectivity index (χ3v) is 3.92. The van der Waals surface area contributed by atoms with Crippen molar-refractivity contribution in [2.45, 2.75) is 12.1 Å². The molecule has 1 aliphatic heterocycles. The fourth-order valence-electron chi connectivity index (χ4n) is 3.24. The molecule has 0 spiro atoms. The van der Waals surface area contributed by atoms with E-state index in [1.54, 1.807) is 0 Å². The van der Waals surface area contributed by atoms with Gasteiger partial charge in [0.1, 0.15) is 5.60 Å². The van der Waals surface area contributed by atoms with Gasteiger partial charge >= 0.3 is 0 Å². The highest BCUT2D eigenvalue weighted by Crippen LogP contribution is 2.49. The molecule has 1 heterocycles. The molecular weight excluding hydrogens is 210 g/mol. The monoisotopic (exact) mass is 223 g/mol. The predicted octanol–water partition coefficient (Wildman–Crippen LogP) is 2.01. The van der Waals surface area contributed by atoms with Crippen molar-refractivity contribution in [3.05, 3.63) is 59.2 Å². The lowest BCUT2D eigenvalue weighted by Gasteiger charge is -2.32. The highest BCUT2D eigenvalue weighted by molar-refractivity contribution is 5.81. The van der Waals surface area contributed by atoms with E-state index in [0.29, 0.717) is 6.54 Å². The number of β-amino-alcohol motifs (C(OH)–C–C–N with tert-alkyl or cyclic N) is 1. The summed E-state index contributed by atoms with van der Waals surface area (Å²) in [6, 6.07) is 14.4. The summed E-state index contributed by atoms with van der Waals surface area (Å²) >= 11 is 0. The molecule has 0 fully saturated rings. The second kappa shape index (κ2) is 2.97. The molecular formula is C15H13NO. The number of fused-ring (bicyclic) bond motifs is 3. The van der Waals surface area contributed by atoms with E-state index in [9.17, 15) is 5.11 Å². The van der Waals surface area contributed by atoms with Crippen molar-refractivity contribution < 1.29 is 5.11 Å². The summed E-state index contributed by atoms with van der Waals surface area (Å²) in [4.78, 5) is 0. The van der Waals surface area contributed by atoms with Gasteiger partial charge in [0.15, 0.2) is 0 Å². The van der Waals surface area contributed by atoms with Crippen molar-refractivity contribution in [1.29, 1.82) is 0 Å². The predicted molar refractivity (Wildman–Crippen MR) is 66.6 cm³/mol. The van der Waals surface area contributed by atoms with E-state index in [2.05, 4.69) is 29.6 Å². The smallest absolute Gasteiger partial charge is 0.128 e. The van der Waals surface area contributed by atoms with Gasteiger partial charge in [-0.3, -0.25) is 0 Å². The van der Waals surface area contributed by atoms with Crippen LogP contribution in [0, 0.1) is 0 Å². The van der Waals surface area contributed by atoms with Crippen LogP contribution in [-0.4, -0.2) is 11.7 Å². The number of benzene rings is 2. The molecule has 17 heavy (non-hydrogen) atoms. The van der Waals surface area contributed by atoms with Crippen molar-refractivity contribution in [2.75, 3.05) is 6.54 Å². The number of rotatable bonds is 0. The first-order valence-electron chi connectivity index (χ1n) is 5.96. The Morgan fingerprint density at radius 1 is 1.00 bits per heavy atom. The van der Waals surface area contributed by atoms with Gasteiger partial charge in [-0.25, -0.2) is 0 Å². The van der Waals surface area contributed by atoms with Crippen molar-refractivity contribution in [3.8, 4) is 11.1 Å². The molecule has 0 saturated carbocycles. The zero-order chi connectivity index (χ0) is 11.5. The first-order chi connectivity index (χ1) is 8.31. The Balaban J connectivity index is 2.16. The molecule has 0 bridgehead atoms. The molecule has 0 radical (unpaired) electrons. The Morgan fingerprint density at radius 3 is 2.76 bits per heavy atom. The van der Waals surface area contributed by atoms with Crippen molar-refractivity contribution >= 4 is 0 Å². The van der Waals surface area contributed by atoms with Crippen LogP contribution in [0.15, 0.2) is 42.5 Å². The molecule has 4 rings (SSSR count). The van der Waals surface area contributed by atoms with E-state index >= 15 is 0 Å². The molecule has 84 valence electrons. The first kappa shape index (κ1) is 9.40. The van der Waals surface area contributed by atoms with Crippen molar-refractivity contribution in [2.24, 2.45) is 0 Å². The van der Waals surface area contributed by atoms with E-state index in [0.717, 1.165) is 17.7 Å². The quantitative estimate of drug-likeness (QED) is 0.716. The van der Waals surface area contributed by atoms with Crippen LogP contribution < -0.4 is 5.32 Å². The zero-order valence-corrected chi connectivity index (χ0v) is 9.40. The van der Waals surface area contributed by atoms with Crippen molar-refractivity contribution in [1.82, 2.24) is 5.32 Å². The van der Waals surface area contributed by atoms with Crippen LogP contribution in [0.1, 0.15) is 16.7 Å². The molecule has 0 unspecified atom stereocenters. The lowest BCUT2D eigenvalue weighted by molar-refractivity contribution is 0.0764. The van der Waals surface area contributed by atoms with Gasteiger partial charge < -0.3 is 10.4 Å². The Labute approximate surface area is 99.9 Å². The average molecular weight is 223 g/mol. The minimum absolute atomic E-state index is 0.605. The number of aliphatic hydroxyl groups is 1. The Bertz CT molecular complexity index is 620. The molecule has 2 heteroatoms. The second-order valence-corrected chi connectivity index (χ2v) is 4.85. The van der Waals surface area contributed by atoms with Crippen LogP contribution in [0.5, 0.6) is 0 Å². The van der Waals surface area contributed by atoms with E-state index in [1.807, 2.05) is 18.2 Å². The highest BCUT2D eigenvalue weighted by Gasteiger charge is 2.44. The molecule has 1 aliphatic carbocycles. The Hall–Kier alpha value is -1.64. The lowest BCUT2D eigenvalue weighted by Crippen LogP contribution is -2.42. The van der Waals surface area contributed by atoms with Crippen LogP contribution in [0.4, 0.5) is 0 Å². The largest absolute Gasteiger partial charge is 0.379 e. The molecule has 2 nitrogen and oxygen atoms in total. The molecule has 0 aromatic heterocycles. The molecule has 0 amide bonds. The van der Waals surface area contributed by atoms with Gasteiger partial charge in [-0.2, -0.15) is 0 Å². The summed E-state index contributed by atoms with van der Waals surface area (Å²) < 4.78 is 0. The van der Waals surface area contributed by atoms with Gasteiger partial charge in [0, 0.05) is 18.7 Å². The maximum absolute atomic E-state index is 11.0. The fourth-order valence-corrected chi connectivity index (χ4v) is 3.24. The molecule has 0 saturated heterocycles. The maximum atomic E-state index is 11.0. The van der Waals surface area contributed by atoms with Crippen LogP contribution >= 0.6 is 0 Å². The molecule has 2 aromatic rings. The topological polar surface area (TPSA) is 32.3 Å². The number of hydrogen-bond acceptors (Lipinski definition) is 2. The van der Waals surface area contributed by atoms with Gasteiger partial charge in [-0.15, -0.1) is 0 Å². The summed E-state index contributed by atoms with van der Waals surface area (Å²) in [6.07, 6.45) is 0. The molecule has 1 atom stereocenters. The third kappa shape index (κ3) is 1.02. The fraction of sp³-hybridized carbons (Fsp3) is 0.200. The van der Waals surface area contributed by atoms with Gasteiger partial charge in [0.05, 0.1) is 0 Å².